The Hall–Kier alpha value is -4.11. The Morgan fingerprint density at radius 3 is 2.49 bits per heavy atom. The van der Waals surface area contributed by atoms with Crippen LogP contribution in [0.2, 0.25) is 0 Å². The number of sulfonamides is 1. The van der Waals surface area contributed by atoms with Crippen LogP contribution in [0, 0.1) is 13.8 Å². The number of thiazole rings is 1. The molecule has 3 heterocycles. The summed E-state index contributed by atoms with van der Waals surface area (Å²) in [5.41, 5.74) is 4.01. The van der Waals surface area contributed by atoms with Gasteiger partial charge in [-0.3, -0.25) is 14.2 Å². The maximum absolute atomic E-state index is 13.1. The molecule has 232 valence electrons. The summed E-state index contributed by atoms with van der Waals surface area (Å²) in [7, 11) is -3.57. The molecule has 0 radical (unpaired) electrons. The van der Waals surface area contributed by atoms with Crippen LogP contribution in [0.4, 0.5) is 5.13 Å². The van der Waals surface area contributed by atoms with E-state index in [1.807, 2.05) is 60.9 Å². The molecule has 0 atom stereocenters. The van der Waals surface area contributed by atoms with Crippen LogP contribution in [-0.2, 0) is 21.4 Å². The smallest absolute Gasteiger partial charge is 0.251 e. The van der Waals surface area contributed by atoms with E-state index in [0.29, 0.717) is 34.8 Å². The van der Waals surface area contributed by atoms with Gasteiger partial charge in [0.1, 0.15) is 0 Å². The van der Waals surface area contributed by atoms with Crippen molar-refractivity contribution in [3.63, 3.8) is 0 Å². The number of anilines is 1. The lowest BCUT2D eigenvalue weighted by Gasteiger charge is -2.16. The van der Waals surface area contributed by atoms with E-state index in [1.54, 1.807) is 0 Å². The Kier molecular flexibility index (Phi) is 8.99. The van der Waals surface area contributed by atoms with E-state index in [1.165, 1.54) is 51.7 Å². The number of hydrogen-bond donors (Lipinski definition) is 2. The molecule has 1 aliphatic rings. The fraction of sp³-hybridized carbons (Fsp3) is 0.258. The molecular weight excluding hydrogens is 631 g/mol. The summed E-state index contributed by atoms with van der Waals surface area (Å²) in [6, 6.07) is 19.7. The van der Waals surface area contributed by atoms with Crippen LogP contribution in [0.1, 0.15) is 40.2 Å². The lowest BCUT2D eigenvalue weighted by molar-refractivity contribution is -0.113. The summed E-state index contributed by atoms with van der Waals surface area (Å²) in [6.45, 7) is 5.05. The van der Waals surface area contributed by atoms with Crippen molar-refractivity contribution in [3.8, 4) is 5.69 Å². The number of carbonyl (C=O) groups is 2. The van der Waals surface area contributed by atoms with E-state index in [-0.39, 0.29) is 29.0 Å². The van der Waals surface area contributed by atoms with Gasteiger partial charge < -0.3 is 10.6 Å². The molecule has 1 fully saturated rings. The molecule has 14 heteroatoms. The second-order valence-corrected chi connectivity index (χ2v) is 14.6. The van der Waals surface area contributed by atoms with Gasteiger partial charge in [0.2, 0.25) is 15.9 Å². The minimum atomic E-state index is -3.57. The molecule has 0 saturated carbocycles. The largest absolute Gasteiger partial charge is 0.345 e. The quantitative estimate of drug-likeness (QED) is 0.201. The van der Waals surface area contributed by atoms with E-state index in [4.69, 9.17) is 0 Å². The molecule has 2 amide bonds. The maximum atomic E-state index is 13.1. The Morgan fingerprint density at radius 2 is 1.73 bits per heavy atom. The third-order valence-corrected chi connectivity index (χ3v) is 11.2. The summed E-state index contributed by atoms with van der Waals surface area (Å²) in [6.07, 6.45) is 1.70. The lowest BCUT2D eigenvalue weighted by atomic mass is 10.1. The van der Waals surface area contributed by atoms with Gasteiger partial charge in [-0.05, 0) is 80.3 Å². The molecule has 2 aromatic heterocycles. The van der Waals surface area contributed by atoms with E-state index in [9.17, 15) is 18.0 Å². The van der Waals surface area contributed by atoms with Crippen LogP contribution >= 0.6 is 23.1 Å². The van der Waals surface area contributed by atoms with Gasteiger partial charge in [0.25, 0.3) is 5.91 Å². The third kappa shape index (κ3) is 6.78. The monoisotopic (exact) mass is 661 g/mol. The zero-order valence-corrected chi connectivity index (χ0v) is 27.1. The van der Waals surface area contributed by atoms with Crippen molar-refractivity contribution >= 4 is 60.3 Å². The van der Waals surface area contributed by atoms with Crippen LogP contribution in [0.25, 0.3) is 15.9 Å². The molecule has 0 aliphatic carbocycles. The number of benzene rings is 3. The highest BCUT2D eigenvalue weighted by Crippen LogP contribution is 2.28. The van der Waals surface area contributed by atoms with Gasteiger partial charge in [0.05, 0.1) is 33.1 Å². The van der Waals surface area contributed by atoms with E-state index in [2.05, 4.69) is 25.8 Å². The standard InChI is InChI=1S/C31H31N7O4S3/c1-20-9-10-21(2)25(17-20)38-27(18-32-29(40)22-11-13-23(14-12-22)45(41,42)37-15-5-6-16-37)35-36-31(38)43-19-28(39)34-30-33-24-7-3-4-8-26(24)44-30/h3-4,7-14,17H,5-6,15-16,18-19H2,1-2H3,(H,32,40)(H,33,34,39). The summed E-state index contributed by atoms with van der Waals surface area (Å²) >= 11 is 2.65. The summed E-state index contributed by atoms with van der Waals surface area (Å²) in [4.78, 5) is 30.6. The highest BCUT2D eigenvalue weighted by atomic mass is 32.2. The van der Waals surface area contributed by atoms with Crippen LogP contribution in [0.3, 0.4) is 0 Å². The first-order chi connectivity index (χ1) is 21.7. The second-order valence-electron chi connectivity index (χ2n) is 10.7. The van der Waals surface area contributed by atoms with Crippen LogP contribution < -0.4 is 10.6 Å². The van der Waals surface area contributed by atoms with Gasteiger partial charge in [0.15, 0.2) is 16.1 Å². The fourth-order valence-electron chi connectivity index (χ4n) is 5.04. The number of amides is 2. The highest BCUT2D eigenvalue weighted by molar-refractivity contribution is 7.99. The number of hydrogen-bond acceptors (Lipinski definition) is 9. The molecule has 0 unspecified atom stereocenters. The minimum Gasteiger partial charge on any atom is -0.345 e. The number of para-hydroxylation sites is 1. The molecule has 45 heavy (non-hydrogen) atoms. The minimum absolute atomic E-state index is 0.0610. The topological polar surface area (TPSA) is 139 Å². The molecule has 2 N–H and O–H groups in total. The van der Waals surface area contributed by atoms with Crippen molar-refractivity contribution in [1.82, 2.24) is 29.4 Å². The Balaban J connectivity index is 1.17. The molecule has 11 nitrogen and oxygen atoms in total. The predicted molar refractivity (Wildman–Crippen MR) is 175 cm³/mol. The van der Waals surface area contributed by atoms with Crippen molar-refractivity contribution < 1.29 is 18.0 Å². The predicted octanol–water partition coefficient (Wildman–Crippen LogP) is 4.94. The summed E-state index contributed by atoms with van der Waals surface area (Å²) in [5.74, 6) is -0.0307. The average molecular weight is 662 g/mol. The molecule has 6 rings (SSSR count). The van der Waals surface area contributed by atoms with Crippen molar-refractivity contribution in [3.05, 3.63) is 89.2 Å². The van der Waals surface area contributed by atoms with Crippen molar-refractivity contribution in [2.75, 3.05) is 24.2 Å². The first-order valence-electron chi connectivity index (χ1n) is 14.4. The number of carbonyl (C=O) groups excluding carboxylic acids is 2. The number of nitrogens with one attached hydrogen (secondary N) is 2. The number of aryl methyl sites for hydroxylation is 2. The Morgan fingerprint density at radius 1 is 0.978 bits per heavy atom. The number of fused-ring (bicyclic) bond motifs is 1. The normalized spacial score (nSPS) is 13.7. The number of rotatable bonds is 10. The number of aromatic nitrogens is 4. The molecule has 3 aromatic carbocycles. The first kappa shape index (κ1) is 30.9. The zero-order chi connectivity index (χ0) is 31.6. The van der Waals surface area contributed by atoms with Gasteiger partial charge >= 0.3 is 0 Å². The molecule has 1 aliphatic heterocycles. The van der Waals surface area contributed by atoms with Crippen molar-refractivity contribution in [2.24, 2.45) is 0 Å². The number of nitrogens with zero attached hydrogens (tertiary/aromatic N) is 5. The SMILES string of the molecule is Cc1ccc(C)c(-n2c(CNC(=O)c3ccc(S(=O)(=O)N4CCCC4)cc3)nnc2SCC(=O)Nc2nc3ccccc3s2)c1. The van der Waals surface area contributed by atoms with Gasteiger partial charge in [-0.15, -0.1) is 10.2 Å². The van der Waals surface area contributed by atoms with Crippen LogP contribution in [0.15, 0.2) is 76.8 Å². The van der Waals surface area contributed by atoms with E-state index >= 15 is 0 Å². The number of thioether (sulfide) groups is 1. The lowest BCUT2D eigenvalue weighted by Crippen LogP contribution is -2.28. The molecule has 0 spiro atoms. The van der Waals surface area contributed by atoms with Gasteiger partial charge in [-0.2, -0.15) is 4.31 Å². The Bertz CT molecular complexity index is 1950. The van der Waals surface area contributed by atoms with Crippen LogP contribution in [-0.4, -0.2) is 63.1 Å². The van der Waals surface area contributed by atoms with Gasteiger partial charge in [0, 0.05) is 18.7 Å². The third-order valence-electron chi connectivity index (χ3n) is 7.40. The summed E-state index contributed by atoms with van der Waals surface area (Å²) in [5, 5.41) is 15.5. The fourth-order valence-corrected chi connectivity index (χ4v) is 8.20. The Labute approximate surface area is 269 Å². The first-order valence-corrected chi connectivity index (χ1v) is 17.6. The molecule has 1 saturated heterocycles. The highest BCUT2D eigenvalue weighted by Gasteiger charge is 2.27. The second kappa shape index (κ2) is 13.1. The maximum Gasteiger partial charge on any atom is 0.251 e. The van der Waals surface area contributed by atoms with Crippen molar-refractivity contribution in [1.29, 1.82) is 0 Å². The van der Waals surface area contributed by atoms with Gasteiger partial charge in [-0.1, -0.05) is 47.4 Å². The molecule has 0 bridgehead atoms. The van der Waals surface area contributed by atoms with Crippen LogP contribution in [0.5, 0.6) is 0 Å². The van der Waals surface area contributed by atoms with Gasteiger partial charge in [-0.25, -0.2) is 13.4 Å². The summed E-state index contributed by atoms with van der Waals surface area (Å²) < 4.78 is 30.0. The van der Waals surface area contributed by atoms with E-state index < -0.39 is 10.0 Å². The van der Waals surface area contributed by atoms with Crippen molar-refractivity contribution in [2.45, 2.75) is 43.3 Å². The van der Waals surface area contributed by atoms with E-state index in [0.717, 1.165) is 39.9 Å². The zero-order valence-electron chi connectivity index (χ0n) is 24.7. The molecular formula is C31H31N7O4S3. The molecule has 5 aromatic rings. The average Bonchev–Trinajstić information content (AvgIpc) is 3.80.